The van der Waals surface area contributed by atoms with Gasteiger partial charge in [-0.1, -0.05) is 6.08 Å². The van der Waals surface area contributed by atoms with Gasteiger partial charge in [-0.05, 0) is 43.7 Å². The largest absolute Gasteiger partial charge is 0.375 e. The summed E-state index contributed by atoms with van der Waals surface area (Å²) >= 11 is 0. The Labute approximate surface area is 67.3 Å². The smallest absolute Gasteiger partial charge is 0.127 e. The molecule has 1 aliphatic heterocycles. The Balaban J connectivity index is 2.14. The van der Waals surface area contributed by atoms with Crippen LogP contribution in [0.3, 0.4) is 0 Å². The first-order chi connectivity index (χ1) is 5.38. The zero-order chi connectivity index (χ0) is 7.68. The van der Waals surface area contributed by atoms with Crippen LogP contribution in [0, 0.1) is 5.92 Å². The second-order valence-electron chi connectivity index (χ2n) is 3.48. The molecular weight excluding hydrogens is 138 g/mol. The molecule has 1 aliphatic carbocycles. The third kappa shape index (κ3) is 1.33. The van der Waals surface area contributed by atoms with E-state index in [0.29, 0.717) is 5.92 Å². The summed E-state index contributed by atoms with van der Waals surface area (Å²) in [4.78, 5) is 0. The number of aliphatic hydroxyl groups excluding tert-OH is 1. The van der Waals surface area contributed by atoms with Crippen LogP contribution < -0.4 is 5.32 Å². The van der Waals surface area contributed by atoms with Gasteiger partial charge in [-0.15, -0.1) is 0 Å². The predicted octanol–water partition coefficient (Wildman–Crippen LogP) is 1.02. The Morgan fingerprint density at radius 3 is 3.18 bits per heavy atom. The summed E-state index contributed by atoms with van der Waals surface area (Å²) in [7, 11) is 0. The molecule has 0 aromatic heterocycles. The number of nitrogens with one attached hydrogen (secondary N) is 1. The average molecular weight is 153 g/mol. The van der Waals surface area contributed by atoms with Crippen LogP contribution in [0.15, 0.2) is 11.6 Å². The van der Waals surface area contributed by atoms with Gasteiger partial charge in [0, 0.05) is 0 Å². The van der Waals surface area contributed by atoms with E-state index in [1.54, 1.807) is 0 Å². The minimum Gasteiger partial charge on any atom is -0.375 e. The van der Waals surface area contributed by atoms with E-state index in [1.807, 2.05) is 0 Å². The fourth-order valence-corrected chi connectivity index (χ4v) is 2.12. The molecule has 11 heavy (non-hydrogen) atoms. The molecular formula is C9H15NO. The molecule has 62 valence electrons. The molecule has 0 radical (unpaired) electrons. The van der Waals surface area contributed by atoms with Crippen LogP contribution in [0.1, 0.15) is 25.7 Å². The molecule has 0 bridgehead atoms. The van der Waals surface area contributed by atoms with E-state index in [1.165, 1.54) is 24.8 Å². The van der Waals surface area contributed by atoms with Crippen LogP contribution in [0.5, 0.6) is 0 Å². The zero-order valence-corrected chi connectivity index (χ0v) is 6.71. The van der Waals surface area contributed by atoms with Crippen molar-refractivity contribution in [1.29, 1.82) is 0 Å². The van der Waals surface area contributed by atoms with Crippen molar-refractivity contribution in [3.63, 3.8) is 0 Å². The molecule has 1 heterocycles. The number of aliphatic hydroxyl groups is 1. The van der Waals surface area contributed by atoms with E-state index in [0.717, 1.165) is 13.0 Å². The fraction of sp³-hybridized carbons (Fsp3) is 0.778. The number of hydrogen-bond donors (Lipinski definition) is 2. The van der Waals surface area contributed by atoms with Gasteiger partial charge < -0.3 is 5.11 Å². The lowest BCUT2D eigenvalue weighted by Crippen LogP contribution is -2.40. The van der Waals surface area contributed by atoms with Gasteiger partial charge in [0.15, 0.2) is 0 Å². The Bertz CT molecular complexity index is 176. The van der Waals surface area contributed by atoms with Gasteiger partial charge in [-0.25, -0.2) is 0 Å². The van der Waals surface area contributed by atoms with Crippen LogP contribution in [-0.4, -0.2) is 17.9 Å². The topological polar surface area (TPSA) is 32.3 Å². The number of fused-ring (bicyclic) bond motifs is 1. The molecule has 0 saturated carbocycles. The monoisotopic (exact) mass is 153 g/mol. The molecule has 0 aromatic rings. The molecule has 2 heteroatoms. The van der Waals surface area contributed by atoms with Crippen molar-refractivity contribution >= 4 is 0 Å². The van der Waals surface area contributed by atoms with E-state index >= 15 is 0 Å². The van der Waals surface area contributed by atoms with Crippen molar-refractivity contribution in [1.82, 2.24) is 5.32 Å². The van der Waals surface area contributed by atoms with Gasteiger partial charge in [-0.2, -0.15) is 0 Å². The van der Waals surface area contributed by atoms with E-state index in [9.17, 15) is 5.11 Å². The summed E-state index contributed by atoms with van der Waals surface area (Å²) in [6.07, 6.45) is 6.83. The normalized spacial score (nSPS) is 37.7. The van der Waals surface area contributed by atoms with Gasteiger partial charge in [0.2, 0.25) is 0 Å². The van der Waals surface area contributed by atoms with Crippen molar-refractivity contribution in [2.75, 3.05) is 6.54 Å². The first-order valence-corrected chi connectivity index (χ1v) is 4.49. The third-order valence-electron chi connectivity index (χ3n) is 2.75. The summed E-state index contributed by atoms with van der Waals surface area (Å²) in [6, 6.07) is 0. The quantitative estimate of drug-likeness (QED) is 0.509. The lowest BCUT2D eigenvalue weighted by molar-refractivity contribution is 0.132. The van der Waals surface area contributed by atoms with E-state index in [4.69, 9.17) is 0 Å². The number of piperidine rings is 1. The Kier molecular flexibility index (Phi) is 1.96. The Morgan fingerprint density at radius 2 is 2.36 bits per heavy atom. The minimum atomic E-state index is -0.339. The second kappa shape index (κ2) is 2.95. The van der Waals surface area contributed by atoms with E-state index in [2.05, 4.69) is 11.4 Å². The van der Waals surface area contributed by atoms with E-state index in [-0.39, 0.29) is 6.23 Å². The molecule has 2 unspecified atom stereocenters. The summed E-state index contributed by atoms with van der Waals surface area (Å²) in [5, 5.41) is 12.6. The van der Waals surface area contributed by atoms with Crippen molar-refractivity contribution in [3.8, 4) is 0 Å². The van der Waals surface area contributed by atoms with Gasteiger partial charge in [-0.3, -0.25) is 5.32 Å². The number of hydrogen-bond acceptors (Lipinski definition) is 2. The minimum absolute atomic E-state index is 0.339. The van der Waals surface area contributed by atoms with Crippen molar-refractivity contribution in [2.24, 2.45) is 5.92 Å². The lowest BCUT2D eigenvalue weighted by atomic mass is 9.82. The standard InChI is InChI=1S/C9H15NO/c11-9-8-4-2-1-3-7(8)5-6-10-9/h4,7,9-11H,1-3,5-6H2. The maximum absolute atomic E-state index is 9.52. The molecule has 0 amide bonds. The molecule has 0 spiro atoms. The maximum atomic E-state index is 9.52. The summed E-state index contributed by atoms with van der Waals surface area (Å²) in [6.45, 7) is 0.975. The highest BCUT2D eigenvalue weighted by atomic mass is 16.3. The fourth-order valence-electron chi connectivity index (χ4n) is 2.12. The van der Waals surface area contributed by atoms with Crippen LogP contribution in [0.2, 0.25) is 0 Å². The van der Waals surface area contributed by atoms with Crippen molar-refractivity contribution < 1.29 is 5.11 Å². The highest BCUT2D eigenvalue weighted by Crippen LogP contribution is 2.31. The SMILES string of the molecule is OC1NCCC2CCCC=C21. The molecule has 2 rings (SSSR count). The average Bonchev–Trinajstić information content (AvgIpc) is 2.06. The summed E-state index contributed by atoms with van der Waals surface area (Å²) in [5.74, 6) is 0.681. The molecule has 2 N–H and O–H groups in total. The van der Waals surface area contributed by atoms with Crippen LogP contribution >= 0.6 is 0 Å². The molecule has 2 nitrogen and oxygen atoms in total. The predicted molar refractivity (Wildman–Crippen MR) is 44.1 cm³/mol. The molecule has 0 aromatic carbocycles. The Hall–Kier alpha value is -0.340. The molecule has 1 fully saturated rings. The molecule has 2 aliphatic rings. The summed E-state index contributed by atoms with van der Waals surface area (Å²) < 4.78 is 0. The Morgan fingerprint density at radius 1 is 1.45 bits per heavy atom. The van der Waals surface area contributed by atoms with Crippen molar-refractivity contribution in [3.05, 3.63) is 11.6 Å². The summed E-state index contributed by atoms with van der Waals surface area (Å²) in [5.41, 5.74) is 1.25. The van der Waals surface area contributed by atoms with Crippen molar-refractivity contribution in [2.45, 2.75) is 31.9 Å². The second-order valence-corrected chi connectivity index (χ2v) is 3.48. The van der Waals surface area contributed by atoms with Gasteiger partial charge >= 0.3 is 0 Å². The van der Waals surface area contributed by atoms with Gasteiger partial charge in [0.25, 0.3) is 0 Å². The first-order valence-electron chi connectivity index (χ1n) is 4.49. The van der Waals surface area contributed by atoms with Gasteiger partial charge in [0.05, 0.1) is 0 Å². The molecule has 1 saturated heterocycles. The number of rotatable bonds is 0. The van der Waals surface area contributed by atoms with Crippen LogP contribution in [-0.2, 0) is 0 Å². The number of allylic oxidation sites excluding steroid dienone is 1. The zero-order valence-electron chi connectivity index (χ0n) is 6.71. The van der Waals surface area contributed by atoms with Crippen LogP contribution in [0.25, 0.3) is 0 Å². The first kappa shape index (κ1) is 7.32. The van der Waals surface area contributed by atoms with E-state index < -0.39 is 0 Å². The lowest BCUT2D eigenvalue weighted by Gasteiger charge is -2.33. The van der Waals surface area contributed by atoms with Crippen LogP contribution in [0.4, 0.5) is 0 Å². The third-order valence-corrected chi connectivity index (χ3v) is 2.75. The highest BCUT2D eigenvalue weighted by Gasteiger charge is 2.26. The maximum Gasteiger partial charge on any atom is 0.127 e. The molecule has 2 atom stereocenters. The highest BCUT2D eigenvalue weighted by molar-refractivity contribution is 5.16. The van der Waals surface area contributed by atoms with Gasteiger partial charge in [0.1, 0.15) is 6.23 Å².